The number of aromatic amines is 1. The quantitative estimate of drug-likeness (QED) is 0.259. The summed E-state index contributed by atoms with van der Waals surface area (Å²) in [4.78, 5) is 43.7. The molecule has 1 unspecified atom stereocenters. The van der Waals surface area contributed by atoms with Crippen LogP contribution in [0.5, 0.6) is 5.75 Å². The van der Waals surface area contributed by atoms with Crippen LogP contribution in [0.4, 0.5) is 0 Å². The Kier molecular flexibility index (Phi) is 10.4. The van der Waals surface area contributed by atoms with Crippen LogP contribution in [0, 0.1) is 6.92 Å². The Balaban J connectivity index is 1.37. The van der Waals surface area contributed by atoms with Crippen molar-refractivity contribution in [2.45, 2.75) is 77.4 Å². The first-order valence-corrected chi connectivity index (χ1v) is 14.3. The molecule has 1 aliphatic rings. The minimum absolute atomic E-state index is 0.0525. The smallest absolute Gasteiger partial charge is 0.242 e. The summed E-state index contributed by atoms with van der Waals surface area (Å²) in [6.45, 7) is 6.12. The Morgan fingerprint density at radius 3 is 2.65 bits per heavy atom. The molecule has 0 spiro atoms. The molecule has 1 aromatic heterocycles. The van der Waals surface area contributed by atoms with Crippen LogP contribution in [-0.2, 0) is 27.3 Å². The maximum absolute atomic E-state index is 13.4. The van der Waals surface area contributed by atoms with E-state index < -0.39 is 6.04 Å². The zero-order valence-electron chi connectivity index (χ0n) is 23.9. The first-order chi connectivity index (χ1) is 19.3. The SMILES string of the molecule is COc1ccc2[nH]c(C)c(CC(=O)N[C@@H](CCCCCC(C)=O)C(=O)NC3CCN(Cc4ccccc4)C3)c2c1. The van der Waals surface area contributed by atoms with Crippen molar-refractivity contribution in [2.24, 2.45) is 0 Å². The maximum atomic E-state index is 13.4. The van der Waals surface area contributed by atoms with E-state index >= 15 is 0 Å². The van der Waals surface area contributed by atoms with Gasteiger partial charge in [-0.2, -0.15) is 0 Å². The second kappa shape index (κ2) is 14.1. The molecule has 40 heavy (non-hydrogen) atoms. The Morgan fingerprint density at radius 2 is 1.90 bits per heavy atom. The predicted molar refractivity (Wildman–Crippen MR) is 157 cm³/mol. The number of methoxy groups -OCH3 is 1. The topological polar surface area (TPSA) is 104 Å². The number of carbonyl (C=O) groups excluding carboxylic acids is 3. The maximum Gasteiger partial charge on any atom is 0.242 e. The van der Waals surface area contributed by atoms with E-state index in [0.29, 0.717) is 12.8 Å². The van der Waals surface area contributed by atoms with E-state index in [0.717, 1.165) is 73.2 Å². The number of fused-ring (bicyclic) bond motifs is 1. The highest BCUT2D eigenvalue weighted by Gasteiger charge is 2.28. The normalized spacial score (nSPS) is 16.1. The number of benzene rings is 2. The van der Waals surface area contributed by atoms with Gasteiger partial charge in [0.1, 0.15) is 17.6 Å². The molecule has 2 heterocycles. The molecule has 4 rings (SSSR count). The van der Waals surface area contributed by atoms with Crippen molar-refractivity contribution in [1.82, 2.24) is 20.5 Å². The second-order valence-corrected chi connectivity index (χ2v) is 11.0. The van der Waals surface area contributed by atoms with Gasteiger partial charge in [-0.1, -0.05) is 43.2 Å². The minimum atomic E-state index is -0.618. The van der Waals surface area contributed by atoms with Crippen molar-refractivity contribution in [3.8, 4) is 5.75 Å². The van der Waals surface area contributed by atoms with Crippen LogP contribution in [0.15, 0.2) is 48.5 Å². The van der Waals surface area contributed by atoms with Crippen molar-refractivity contribution < 1.29 is 19.1 Å². The lowest BCUT2D eigenvalue weighted by Gasteiger charge is -2.22. The molecule has 3 N–H and O–H groups in total. The van der Waals surface area contributed by atoms with E-state index in [1.807, 2.05) is 43.3 Å². The molecule has 0 radical (unpaired) electrons. The molecule has 214 valence electrons. The van der Waals surface area contributed by atoms with Crippen molar-refractivity contribution in [3.05, 3.63) is 65.4 Å². The van der Waals surface area contributed by atoms with Crippen LogP contribution in [0.2, 0.25) is 0 Å². The molecule has 1 fully saturated rings. The molecule has 1 saturated heterocycles. The van der Waals surface area contributed by atoms with Gasteiger partial charge in [0.15, 0.2) is 0 Å². The van der Waals surface area contributed by atoms with Gasteiger partial charge in [-0.3, -0.25) is 14.5 Å². The largest absolute Gasteiger partial charge is 0.497 e. The number of nitrogens with one attached hydrogen (secondary N) is 3. The molecule has 2 atom stereocenters. The average molecular weight is 547 g/mol. The fourth-order valence-electron chi connectivity index (χ4n) is 5.53. The molecule has 0 saturated carbocycles. The number of rotatable bonds is 14. The summed E-state index contributed by atoms with van der Waals surface area (Å²) in [6, 6.07) is 15.5. The molecule has 0 aliphatic carbocycles. The van der Waals surface area contributed by atoms with Crippen LogP contribution in [0.3, 0.4) is 0 Å². The monoisotopic (exact) mass is 546 g/mol. The third-order valence-corrected chi connectivity index (χ3v) is 7.71. The Morgan fingerprint density at radius 1 is 1.10 bits per heavy atom. The summed E-state index contributed by atoms with van der Waals surface area (Å²) in [6.07, 6.45) is 4.54. The Hall–Kier alpha value is -3.65. The molecule has 2 aromatic carbocycles. The van der Waals surface area contributed by atoms with E-state index in [1.165, 1.54) is 5.56 Å². The van der Waals surface area contributed by atoms with Gasteiger partial charge in [-0.05, 0) is 62.4 Å². The number of aryl methyl sites for hydroxylation is 1. The number of carbonyl (C=O) groups is 3. The van der Waals surface area contributed by atoms with Crippen LogP contribution in [0.25, 0.3) is 10.9 Å². The number of amides is 2. The number of Topliss-reactive ketones (excluding diaryl/α,β-unsaturated/α-hetero) is 1. The summed E-state index contributed by atoms with van der Waals surface area (Å²) in [5.74, 6) is 0.583. The highest BCUT2D eigenvalue weighted by molar-refractivity contribution is 5.93. The van der Waals surface area contributed by atoms with Gasteiger partial charge in [-0.15, -0.1) is 0 Å². The second-order valence-electron chi connectivity index (χ2n) is 11.0. The van der Waals surface area contributed by atoms with Crippen molar-refractivity contribution in [3.63, 3.8) is 0 Å². The molecule has 2 amide bonds. The molecule has 0 bridgehead atoms. The lowest BCUT2D eigenvalue weighted by atomic mass is 10.0. The van der Waals surface area contributed by atoms with E-state index in [-0.39, 0.29) is 30.1 Å². The zero-order chi connectivity index (χ0) is 28.5. The van der Waals surface area contributed by atoms with Crippen molar-refractivity contribution >= 4 is 28.5 Å². The highest BCUT2D eigenvalue weighted by Crippen LogP contribution is 2.27. The minimum Gasteiger partial charge on any atom is -0.497 e. The van der Waals surface area contributed by atoms with E-state index in [4.69, 9.17) is 4.74 Å². The summed E-state index contributed by atoms with van der Waals surface area (Å²) in [5, 5.41) is 7.17. The van der Waals surface area contributed by atoms with Crippen LogP contribution < -0.4 is 15.4 Å². The van der Waals surface area contributed by atoms with Gasteiger partial charge in [0.2, 0.25) is 11.8 Å². The molecular weight excluding hydrogens is 504 g/mol. The van der Waals surface area contributed by atoms with Crippen molar-refractivity contribution in [1.29, 1.82) is 0 Å². The number of nitrogens with zero attached hydrogens (tertiary/aromatic N) is 1. The summed E-state index contributed by atoms with van der Waals surface area (Å²) in [7, 11) is 1.62. The summed E-state index contributed by atoms with van der Waals surface area (Å²) < 4.78 is 5.38. The van der Waals surface area contributed by atoms with Crippen LogP contribution in [-0.4, -0.2) is 59.8 Å². The predicted octanol–water partition coefficient (Wildman–Crippen LogP) is 4.44. The van der Waals surface area contributed by atoms with Crippen LogP contribution >= 0.6 is 0 Å². The standard InChI is InChI=1S/C32H42N4O4/c1-22(37)10-6-4-9-13-30(32(39)34-25-16-17-36(21-25)20-24-11-7-5-8-12-24)35-31(38)19-27-23(2)33-29-15-14-26(40-3)18-28(27)29/h5,7-8,11-12,14-15,18,25,30,33H,4,6,9-10,13,16-17,19-21H2,1-3H3,(H,34,39)(H,35,38)/t25?,30-/m0/s1. The average Bonchev–Trinajstić information content (AvgIpc) is 3.50. The van der Waals surface area contributed by atoms with Gasteiger partial charge in [0, 0.05) is 48.7 Å². The van der Waals surface area contributed by atoms with E-state index in [1.54, 1.807) is 14.0 Å². The molecule has 8 nitrogen and oxygen atoms in total. The van der Waals surface area contributed by atoms with Crippen LogP contribution in [0.1, 0.15) is 62.3 Å². The number of likely N-dealkylation sites (tertiary alicyclic amines) is 1. The molecule has 8 heteroatoms. The highest BCUT2D eigenvalue weighted by atomic mass is 16.5. The van der Waals surface area contributed by atoms with E-state index in [2.05, 4.69) is 32.7 Å². The van der Waals surface area contributed by atoms with Gasteiger partial charge < -0.3 is 25.1 Å². The fraction of sp³-hybridized carbons (Fsp3) is 0.469. The molecular formula is C32H42N4O4. The number of ketones is 1. The zero-order valence-corrected chi connectivity index (χ0v) is 23.9. The number of ether oxygens (including phenoxy) is 1. The van der Waals surface area contributed by atoms with Gasteiger partial charge >= 0.3 is 0 Å². The number of aromatic nitrogens is 1. The van der Waals surface area contributed by atoms with Gasteiger partial charge in [0.25, 0.3) is 0 Å². The van der Waals surface area contributed by atoms with E-state index in [9.17, 15) is 14.4 Å². The van der Waals surface area contributed by atoms with Gasteiger partial charge in [-0.25, -0.2) is 0 Å². The number of hydrogen-bond donors (Lipinski definition) is 3. The van der Waals surface area contributed by atoms with Gasteiger partial charge in [0.05, 0.1) is 13.5 Å². The Bertz CT molecular complexity index is 1300. The third kappa shape index (κ3) is 8.18. The first-order valence-electron chi connectivity index (χ1n) is 14.3. The molecule has 1 aliphatic heterocycles. The van der Waals surface area contributed by atoms with Crippen molar-refractivity contribution in [2.75, 3.05) is 20.2 Å². The third-order valence-electron chi connectivity index (χ3n) is 7.71. The number of unbranched alkanes of at least 4 members (excludes halogenated alkanes) is 2. The molecule has 3 aromatic rings. The lowest BCUT2D eigenvalue weighted by Crippen LogP contribution is -2.50. The lowest BCUT2D eigenvalue weighted by molar-refractivity contribution is -0.129. The number of H-pyrrole nitrogens is 1. The first kappa shape index (κ1) is 29.3. The summed E-state index contributed by atoms with van der Waals surface area (Å²) >= 11 is 0. The fourth-order valence-corrected chi connectivity index (χ4v) is 5.53. The number of hydrogen-bond acceptors (Lipinski definition) is 5. The Labute approximate surface area is 236 Å². The summed E-state index contributed by atoms with van der Waals surface area (Å²) in [5.41, 5.74) is 4.03.